The fourth-order valence-corrected chi connectivity index (χ4v) is 4.05. The normalized spacial score (nSPS) is 10.8. The Kier molecular flexibility index (Phi) is 6.34. The summed E-state index contributed by atoms with van der Waals surface area (Å²) in [5, 5.41) is 9.62. The molecule has 0 aliphatic rings. The van der Waals surface area contributed by atoms with Crippen molar-refractivity contribution in [3.63, 3.8) is 0 Å². The zero-order valence-electron chi connectivity index (χ0n) is 16.6. The fourth-order valence-electron chi connectivity index (χ4n) is 3.04. The fraction of sp³-hybridized carbons (Fsp3) is 0.130. The van der Waals surface area contributed by atoms with Gasteiger partial charge in [-0.15, -0.1) is 11.3 Å². The summed E-state index contributed by atoms with van der Waals surface area (Å²) in [6.45, 7) is 2.71. The summed E-state index contributed by atoms with van der Waals surface area (Å²) in [6, 6.07) is 13.6. The topological polar surface area (TPSA) is 56.1 Å². The van der Waals surface area contributed by atoms with E-state index in [1.165, 1.54) is 23.5 Å². The van der Waals surface area contributed by atoms with E-state index in [1.54, 1.807) is 29.2 Å². The number of aromatic nitrogens is 2. The zero-order chi connectivity index (χ0) is 21.8. The summed E-state index contributed by atoms with van der Waals surface area (Å²) in [6.07, 6.45) is 3.28. The van der Waals surface area contributed by atoms with E-state index in [2.05, 4.69) is 10.4 Å². The molecule has 4 aromatic rings. The van der Waals surface area contributed by atoms with Gasteiger partial charge >= 0.3 is 0 Å². The van der Waals surface area contributed by atoms with E-state index in [0.29, 0.717) is 28.7 Å². The van der Waals surface area contributed by atoms with Crippen molar-refractivity contribution in [3.05, 3.63) is 98.7 Å². The maximum absolute atomic E-state index is 13.3. The van der Waals surface area contributed by atoms with E-state index in [0.717, 1.165) is 22.4 Å². The number of nitrogens with one attached hydrogen (secondary N) is 1. The molecule has 2 aromatic carbocycles. The maximum atomic E-state index is 13.3. The maximum Gasteiger partial charge on any atom is 0.265 e. The average molecular weight is 456 g/mol. The second kappa shape index (κ2) is 9.32. The quantitative estimate of drug-likeness (QED) is 0.376. The number of benzene rings is 2. The van der Waals surface area contributed by atoms with Gasteiger partial charge in [-0.2, -0.15) is 5.10 Å². The summed E-state index contributed by atoms with van der Waals surface area (Å²) >= 11 is 7.32. The summed E-state index contributed by atoms with van der Waals surface area (Å²) in [7, 11) is 0. The first-order valence-corrected chi connectivity index (χ1v) is 10.8. The zero-order valence-corrected chi connectivity index (χ0v) is 18.2. The Morgan fingerprint density at radius 1 is 1.23 bits per heavy atom. The highest BCUT2D eigenvalue weighted by Gasteiger charge is 2.12. The molecule has 158 valence electrons. The number of anilines is 1. The molecule has 4 rings (SSSR count). The van der Waals surface area contributed by atoms with Crippen molar-refractivity contribution in [2.24, 2.45) is 0 Å². The van der Waals surface area contributed by atoms with Gasteiger partial charge in [0.15, 0.2) is 0 Å². The van der Waals surface area contributed by atoms with Crippen LogP contribution < -0.4 is 10.1 Å². The third-order valence-corrected chi connectivity index (χ3v) is 5.75. The van der Waals surface area contributed by atoms with Crippen molar-refractivity contribution in [2.75, 3.05) is 5.32 Å². The number of amides is 1. The van der Waals surface area contributed by atoms with Crippen LogP contribution in [0.1, 0.15) is 26.4 Å². The Hall–Kier alpha value is -3.16. The van der Waals surface area contributed by atoms with Gasteiger partial charge < -0.3 is 10.1 Å². The van der Waals surface area contributed by atoms with Gasteiger partial charge in [-0.1, -0.05) is 23.7 Å². The Morgan fingerprint density at radius 3 is 2.90 bits per heavy atom. The molecule has 0 unspecified atom stereocenters. The Bertz CT molecular complexity index is 1220. The Morgan fingerprint density at radius 2 is 2.10 bits per heavy atom. The molecule has 0 bridgehead atoms. The van der Waals surface area contributed by atoms with Crippen molar-refractivity contribution in [3.8, 4) is 5.75 Å². The molecule has 0 atom stereocenters. The lowest BCUT2D eigenvalue weighted by Gasteiger charge is -2.08. The molecule has 2 aromatic heterocycles. The number of nitrogens with zero attached hydrogens (tertiary/aromatic N) is 2. The van der Waals surface area contributed by atoms with Gasteiger partial charge in [-0.25, -0.2) is 4.39 Å². The lowest BCUT2D eigenvalue weighted by Crippen LogP contribution is -2.09. The summed E-state index contributed by atoms with van der Waals surface area (Å²) in [4.78, 5) is 13.1. The number of hydrogen-bond donors (Lipinski definition) is 1. The predicted octanol–water partition coefficient (Wildman–Crippen LogP) is 5.93. The number of thiophene rings is 1. The molecule has 1 N–H and O–H groups in total. The Labute approximate surface area is 188 Å². The van der Waals surface area contributed by atoms with Gasteiger partial charge in [0.05, 0.1) is 23.3 Å². The second-order valence-corrected chi connectivity index (χ2v) is 8.38. The van der Waals surface area contributed by atoms with Crippen molar-refractivity contribution in [1.29, 1.82) is 0 Å². The van der Waals surface area contributed by atoms with Gasteiger partial charge in [-0.3, -0.25) is 9.48 Å². The standard InChI is InChI=1S/C23H19ClFN3O2S/c1-15-7-18(24)5-6-21(15)30-13-17-9-22(31-14-17)23(29)27-20-10-26-28(12-20)11-16-3-2-4-19(25)8-16/h2-10,12,14H,11,13H2,1H3,(H,27,29). The lowest BCUT2D eigenvalue weighted by atomic mass is 10.2. The number of hydrogen-bond acceptors (Lipinski definition) is 4. The van der Waals surface area contributed by atoms with Crippen LogP contribution in [0.25, 0.3) is 0 Å². The van der Waals surface area contributed by atoms with E-state index in [1.807, 2.05) is 36.6 Å². The van der Waals surface area contributed by atoms with Crippen molar-refractivity contribution in [2.45, 2.75) is 20.1 Å². The average Bonchev–Trinajstić information content (AvgIpc) is 3.37. The first-order chi connectivity index (χ1) is 15.0. The molecule has 1 amide bonds. The number of carbonyl (C=O) groups excluding carboxylic acids is 1. The van der Waals surface area contributed by atoms with Crippen LogP contribution in [0.3, 0.4) is 0 Å². The third kappa shape index (κ3) is 5.51. The number of carbonyl (C=O) groups is 1. The minimum atomic E-state index is -0.290. The van der Waals surface area contributed by atoms with E-state index in [9.17, 15) is 9.18 Å². The molecule has 2 heterocycles. The van der Waals surface area contributed by atoms with Gasteiger partial charge in [0.1, 0.15) is 18.2 Å². The minimum absolute atomic E-state index is 0.218. The molecule has 31 heavy (non-hydrogen) atoms. The monoisotopic (exact) mass is 455 g/mol. The molecule has 0 saturated heterocycles. The largest absolute Gasteiger partial charge is 0.489 e. The van der Waals surface area contributed by atoms with E-state index in [-0.39, 0.29) is 11.7 Å². The van der Waals surface area contributed by atoms with Crippen molar-refractivity contribution >= 4 is 34.5 Å². The van der Waals surface area contributed by atoms with Gasteiger partial charge in [0.2, 0.25) is 0 Å². The van der Waals surface area contributed by atoms with E-state index in [4.69, 9.17) is 16.3 Å². The van der Waals surface area contributed by atoms with Crippen LogP contribution in [0.5, 0.6) is 5.75 Å². The summed E-state index contributed by atoms with van der Waals surface area (Å²) < 4.78 is 20.8. The second-order valence-electron chi connectivity index (χ2n) is 7.03. The Balaban J connectivity index is 1.34. The van der Waals surface area contributed by atoms with Crippen LogP contribution in [-0.2, 0) is 13.2 Å². The van der Waals surface area contributed by atoms with Crippen LogP contribution in [0.15, 0.2) is 66.3 Å². The van der Waals surface area contributed by atoms with Crippen LogP contribution in [0.2, 0.25) is 5.02 Å². The highest BCUT2D eigenvalue weighted by atomic mass is 35.5. The highest BCUT2D eigenvalue weighted by molar-refractivity contribution is 7.12. The molecule has 0 radical (unpaired) electrons. The van der Waals surface area contributed by atoms with Crippen LogP contribution in [-0.4, -0.2) is 15.7 Å². The SMILES string of the molecule is Cc1cc(Cl)ccc1OCc1csc(C(=O)Nc2cnn(Cc3cccc(F)c3)c2)c1. The molecule has 5 nitrogen and oxygen atoms in total. The molecule has 0 fully saturated rings. The molecule has 0 spiro atoms. The van der Waals surface area contributed by atoms with Crippen LogP contribution >= 0.6 is 22.9 Å². The molecular weight excluding hydrogens is 437 g/mol. The van der Waals surface area contributed by atoms with Crippen LogP contribution in [0.4, 0.5) is 10.1 Å². The molecule has 0 aliphatic heterocycles. The first kappa shape index (κ1) is 21.1. The lowest BCUT2D eigenvalue weighted by molar-refractivity contribution is 0.103. The minimum Gasteiger partial charge on any atom is -0.489 e. The molecule has 0 saturated carbocycles. The molecule has 8 heteroatoms. The van der Waals surface area contributed by atoms with E-state index >= 15 is 0 Å². The highest BCUT2D eigenvalue weighted by Crippen LogP contribution is 2.24. The van der Waals surface area contributed by atoms with Gasteiger partial charge in [0.25, 0.3) is 5.91 Å². The predicted molar refractivity (Wildman–Crippen MR) is 121 cm³/mol. The number of ether oxygens (including phenoxy) is 1. The van der Waals surface area contributed by atoms with E-state index < -0.39 is 0 Å². The number of aryl methyl sites for hydroxylation is 1. The number of rotatable bonds is 7. The summed E-state index contributed by atoms with van der Waals surface area (Å²) in [5.74, 6) is 0.249. The number of halogens is 2. The molecule has 0 aliphatic carbocycles. The van der Waals surface area contributed by atoms with Crippen molar-refractivity contribution in [1.82, 2.24) is 9.78 Å². The van der Waals surface area contributed by atoms with Gasteiger partial charge in [0, 0.05) is 16.8 Å². The summed E-state index contributed by atoms with van der Waals surface area (Å²) in [5.41, 5.74) is 3.23. The smallest absolute Gasteiger partial charge is 0.265 e. The van der Waals surface area contributed by atoms with Crippen LogP contribution in [0, 0.1) is 12.7 Å². The van der Waals surface area contributed by atoms with Gasteiger partial charge in [-0.05, 0) is 59.8 Å². The molecular formula is C23H19ClFN3O2S. The third-order valence-electron chi connectivity index (χ3n) is 4.53. The van der Waals surface area contributed by atoms with Crippen molar-refractivity contribution < 1.29 is 13.9 Å². The first-order valence-electron chi connectivity index (χ1n) is 9.51.